The van der Waals surface area contributed by atoms with Gasteiger partial charge in [-0.15, -0.1) is 11.3 Å². The minimum atomic E-state index is -3.79. The van der Waals surface area contributed by atoms with E-state index in [1.165, 1.54) is 17.0 Å². The van der Waals surface area contributed by atoms with Crippen molar-refractivity contribution < 1.29 is 13.2 Å². The molecule has 0 unspecified atom stereocenters. The van der Waals surface area contributed by atoms with Gasteiger partial charge in [0, 0.05) is 57.0 Å². The van der Waals surface area contributed by atoms with Crippen molar-refractivity contribution >= 4 is 38.3 Å². The van der Waals surface area contributed by atoms with Crippen LogP contribution >= 0.6 is 11.3 Å². The van der Waals surface area contributed by atoms with Gasteiger partial charge < -0.3 is 9.47 Å². The normalized spacial score (nSPS) is 15.5. The van der Waals surface area contributed by atoms with Crippen LogP contribution in [0.3, 0.4) is 0 Å². The Kier molecular flexibility index (Phi) is 6.94. The summed E-state index contributed by atoms with van der Waals surface area (Å²) in [5.74, 6) is 0.944. The number of hydrogen-bond acceptors (Lipinski definition) is 6. The second-order valence-electron chi connectivity index (χ2n) is 8.11. The molecule has 0 saturated carbocycles. The number of aryl methyl sites for hydroxylation is 2. The predicted octanol–water partition coefficient (Wildman–Crippen LogP) is 2.43. The molecule has 3 aromatic rings. The molecule has 0 atom stereocenters. The molecule has 1 amide bonds. The predicted molar refractivity (Wildman–Crippen MR) is 126 cm³/mol. The number of nitrogens with zero attached hydrogens (tertiary/aromatic N) is 4. The number of imidazole rings is 1. The van der Waals surface area contributed by atoms with Crippen molar-refractivity contribution in [3.8, 4) is 0 Å². The topological polar surface area (TPSA) is 102 Å². The van der Waals surface area contributed by atoms with Crippen LogP contribution in [0.25, 0.3) is 11.0 Å². The van der Waals surface area contributed by atoms with Crippen LogP contribution in [-0.2, 0) is 34.3 Å². The lowest BCUT2D eigenvalue weighted by Crippen LogP contribution is -2.48. The Morgan fingerprint density at radius 2 is 1.97 bits per heavy atom. The molecular weight excluding hydrogens is 446 g/mol. The summed E-state index contributed by atoms with van der Waals surface area (Å²) in [5, 5.41) is 7.36. The van der Waals surface area contributed by atoms with Crippen LogP contribution in [-0.4, -0.2) is 59.9 Å². The Morgan fingerprint density at radius 3 is 2.62 bits per heavy atom. The van der Waals surface area contributed by atoms with Gasteiger partial charge in [-0.3, -0.25) is 9.69 Å². The van der Waals surface area contributed by atoms with Gasteiger partial charge in [-0.25, -0.2) is 18.5 Å². The fraction of sp³-hybridized carbons (Fsp3) is 0.455. The van der Waals surface area contributed by atoms with Gasteiger partial charge in [-0.1, -0.05) is 13.0 Å². The zero-order valence-electron chi connectivity index (χ0n) is 18.2. The zero-order chi connectivity index (χ0) is 22.7. The van der Waals surface area contributed by atoms with E-state index in [1.807, 2.05) is 4.90 Å². The number of aromatic nitrogens is 2. The van der Waals surface area contributed by atoms with Crippen molar-refractivity contribution in [2.75, 3.05) is 26.2 Å². The SMILES string of the molecule is CCCn1c(CCC(=O)N2CCN(Cc3cccs3)CC2)nc2cc(S(N)(=O)=O)ccc21. The second kappa shape index (κ2) is 9.70. The standard InChI is InChI=1S/C22H29N5O3S2/c1-2-9-27-20-6-5-18(32(23,29)30)15-19(20)24-21(27)7-8-22(28)26-12-10-25(11-13-26)16-17-4-3-14-31-17/h3-6,14-15H,2,7-13,16H2,1H3,(H2,23,29,30). The van der Waals surface area contributed by atoms with Crippen molar-refractivity contribution in [2.45, 2.75) is 44.2 Å². The molecule has 172 valence electrons. The molecule has 32 heavy (non-hydrogen) atoms. The third kappa shape index (κ3) is 5.20. The van der Waals surface area contributed by atoms with Gasteiger partial charge in [0.2, 0.25) is 15.9 Å². The maximum absolute atomic E-state index is 12.8. The minimum Gasteiger partial charge on any atom is -0.340 e. The van der Waals surface area contributed by atoms with Crippen molar-refractivity contribution in [3.63, 3.8) is 0 Å². The highest BCUT2D eigenvalue weighted by Crippen LogP contribution is 2.22. The second-order valence-corrected chi connectivity index (χ2v) is 10.7. The Bertz CT molecular complexity index is 1180. The number of nitrogens with two attached hydrogens (primary N) is 1. The molecule has 0 aliphatic carbocycles. The Morgan fingerprint density at radius 1 is 1.19 bits per heavy atom. The maximum atomic E-state index is 12.8. The number of thiophene rings is 1. The monoisotopic (exact) mass is 475 g/mol. The summed E-state index contributed by atoms with van der Waals surface area (Å²) in [4.78, 5) is 23.2. The van der Waals surface area contributed by atoms with Gasteiger partial charge in [0.15, 0.2) is 0 Å². The number of sulfonamides is 1. The van der Waals surface area contributed by atoms with Crippen LogP contribution in [0.15, 0.2) is 40.6 Å². The molecule has 8 nitrogen and oxygen atoms in total. The molecule has 0 spiro atoms. The van der Waals surface area contributed by atoms with Crippen molar-refractivity contribution in [2.24, 2.45) is 5.14 Å². The maximum Gasteiger partial charge on any atom is 0.238 e. The fourth-order valence-corrected chi connectivity index (χ4v) is 5.44. The Balaban J connectivity index is 1.40. The quantitative estimate of drug-likeness (QED) is 0.539. The van der Waals surface area contributed by atoms with Crippen molar-refractivity contribution in [1.29, 1.82) is 0 Å². The molecular formula is C22H29N5O3S2. The smallest absolute Gasteiger partial charge is 0.238 e. The van der Waals surface area contributed by atoms with Crippen LogP contribution in [0.2, 0.25) is 0 Å². The largest absolute Gasteiger partial charge is 0.340 e. The number of piperazine rings is 1. The summed E-state index contributed by atoms with van der Waals surface area (Å²) in [6.07, 6.45) is 1.82. The highest BCUT2D eigenvalue weighted by atomic mass is 32.2. The van der Waals surface area contributed by atoms with Crippen LogP contribution in [0, 0.1) is 0 Å². The molecule has 4 rings (SSSR count). The number of fused-ring (bicyclic) bond motifs is 1. The number of hydrogen-bond donors (Lipinski definition) is 1. The highest BCUT2D eigenvalue weighted by Gasteiger charge is 2.22. The molecule has 2 aromatic heterocycles. The number of benzene rings is 1. The van der Waals surface area contributed by atoms with Gasteiger partial charge >= 0.3 is 0 Å². The summed E-state index contributed by atoms with van der Waals surface area (Å²) in [7, 11) is -3.79. The van der Waals surface area contributed by atoms with Crippen LogP contribution < -0.4 is 5.14 Å². The van der Waals surface area contributed by atoms with Crippen LogP contribution in [0.4, 0.5) is 0 Å². The highest BCUT2D eigenvalue weighted by molar-refractivity contribution is 7.89. The average Bonchev–Trinajstić information content (AvgIpc) is 3.40. The van der Waals surface area contributed by atoms with Crippen molar-refractivity contribution in [3.05, 3.63) is 46.4 Å². The molecule has 1 aliphatic heterocycles. The van der Waals surface area contributed by atoms with Gasteiger partial charge in [0.05, 0.1) is 15.9 Å². The number of carbonyl (C=O) groups excluding carboxylic acids is 1. The molecule has 0 radical (unpaired) electrons. The van der Waals surface area contributed by atoms with E-state index in [9.17, 15) is 13.2 Å². The van der Waals surface area contributed by atoms with E-state index in [0.717, 1.165) is 57.0 Å². The average molecular weight is 476 g/mol. The lowest BCUT2D eigenvalue weighted by atomic mass is 10.2. The number of amides is 1. The molecule has 2 N–H and O–H groups in total. The van der Waals surface area contributed by atoms with Gasteiger partial charge in [-0.05, 0) is 36.1 Å². The first-order chi connectivity index (χ1) is 15.3. The molecule has 1 aliphatic rings. The molecule has 1 aromatic carbocycles. The minimum absolute atomic E-state index is 0.0502. The summed E-state index contributed by atoms with van der Waals surface area (Å²) >= 11 is 1.77. The first-order valence-corrected chi connectivity index (χ1v) is 13.3. The third-order valence-electron chi connectivity index (χ3n) is 5.82. The molecule has 10 heteroatoms. The molecule has 0 bridgehead atoms. The third-order valence-corrected chi connectivity index (χ3v) is 7.59. The van der Waals surface area contributed by atoms with E-state index in [1.54, 1.807) is 17.4 Å². The molecule has 3 heterocycles. The summed E-state index contributed by atoms with van der Waals surface area (Å²) in [6, 6.07) is 8.98. The lowest BCUT2D eigenvalue weighted by Gasteiger charge is -2.34. The summed E-state index contributed by atoms with van der Waals surface area (Å²) in [5.41, 5.74) is 1.46. The molecule has 1 saturated heterocycles. The Labute approximate surface area is 192 Å². The van der Waals surface area contributed by atoms with E-state index in [0.29, 0.717) is 18.4 Å². The van der Waals surface area contributed by atoms with Crippen molar-refractivity contribution in [1.82, 2.24) is 19.4 Å². The first kappa shape index (κ1) is 22.9. The van der Waals surface area contributed by atoms with E-state index in [2.05, 4.69) is 38.9 Å². The van der Waals surface area contributed by atoms with E-state index in [4.69, 9.17) is 5.14 Å². The summed E-state index contributed by atoms with van der Waals surface area (Å²) in [6.45, 7) is 7.04. The summed E-state index contributed by atoms with van der Waals surface area (Å²) < 4.78 is 25.4. The van der Waals surface area contributed by atoms with E-state index >= 15 is 0 Å². The Hall–Kier alpha value is -2.27. The van der Waals surface area contributed by atoms with Gasteiger partial charge in [0.25, 0.3) is 0 Å². The fourth-order valence-electron chi connectivity index (χ4n) is 4.16. The van der Waals surface area contributed by atoms with E-state index in [-0.39, 0.29) is 10.8 Å². The number of rotatable bonds is 8. The number of carbonyl (C=O) groups is 1. The van der Waals surface area contributed by atoms with Gasteiger partial charge in [0.1, 0.15) is 5.82 Å². The number of primary sulfonamides is 1. The van der Waals surface area contributed by atoms with Gasteiger partial charge in [-0.2, -0.15) is 0 Å². The van der Waals surface area contributed by atoms with E-state index < -0.39 is 10.0 Å². The first-order valence-electron chi connectivity index (χ1n) is 10.9. The zero-order valence-corrected chi connectivity index (χ0v) is 19.9. The van der Waals surface area contributed by atoms with Crippen LogP contribution in [0.5, 0.6) is 0 Å². The van der Waals surface area contributed by atoms with Crippen LogP contribution in [0.1, 0.15) is 30.5 Å². The lowest BCUT2D eigenvalue weighted by molar-refractivity contribution is -0.133. The molecule has 1 fully saturated rings.